The molecule has 1 aliphatic heterocycles. The summed E-state index contributed by atoms with van der Waals surface area (Å²) in [6, 6.07) is 0.522. The lowest BCUT2D eigenvalue weighted by molar-refractivity contribution is 0.0253. The van der Waals surface area contributed by atoms with Crippen molar-refractivity contribution in [1.82, 2.24) is 5.32 Å². The Bertz CT molecular complexity index is 735. The van der Waals surface area contributed by atoms with Gasteiger partial charge in [-0.1, -0.05) is 51.0 Å². The molecule has 4 aliphatic carbocycles. The summed E-state index contributed by atoms with van der Waals surface area (Å²) >= 11 is 0. The van der Waals surface area contributed by atoms with Gasteiger partial charge in [0.15, 0.2) is 0 Å². The van der Waals surface area contributed by atoms with Crippen LogP contribution in [0.15, 0.2) is 23.3 Å². The summed E-state index contributed by atoms with van der Waals surface area (Å²) in [5.41, 5.74) is 3.26. The van der Waals surface area contributed by atoms with E-state index in [4.69, 9.17) is 0 Å². The van der Waals surface area contributed by atoms with Crippen molar-refractivity contribution in [1.29, 1.82) is 0 Å². The lowest BCUT2D eigenvalue weighted by Gasteiger charge is -2.54. The molecule has 0 amide bonds. The molecule has 10 atom stereocenters. The summed E-state index contributed by atoms with van der Waals surface area (Å²) in [4.78, 5) is 0. The van der Waals surface area contributed by atoms with Crippen LogP contribution in [0.1, 0.15) is 79.1 Å². The summed E-state index contributed by atoms with van der Waals surface area (Å²) in [6.07, 6.45) is 13.4. The van der Waals surface area contributed by atoms with Crippen LogP contribution in [-0.2, 0) is 0 Å². The number of allylic oxidation sites excluding steroid dienone is 2. The minimum absolute atomic E-state index is 0.0957. The number of hydrogen-bond acceptors (Lipinski definition) is 3. The Morgan fingerprint density at radius 3 is 2.63 bits per heavy atom. The first-order chi connectivity index (χ1) is 14.2. The molecule has 3 fully saturated rings. The van der Waals surface area contributed by atoms with E-state index in [9.17, 15) is 10.2 Å². The van der Waals surface area contributed by atoms with Gasteiger partial charge in [-0.15, -0.1) is 0 Å². The maximum Gasteiger partial charge on any atom is 0.0639 e. The maximum absolute atomic E-state index is 11.4. The van der Waals surface area contributed by atoms with E-state index in [0.717, 1.165) is 51.0 Å². The summed E-state index contributed by atoms with van der Waals surface area (Å²) in [6.45, 7) is 10.7. The van der Waals surface area contributed by atoms with E-state index in [1.54, 1.807) is 5.57 Å². The highest BCUT2D eigenvalue weighted by molar-refractivity contribution is 5.34. The first-order valence-electron chi connectivity index (χ1n) is 12.7. The minimum atomic E-state index is -0.227. The first kappa shape index (κ1) is 21.2. The highest BCUT2D eigenvalue weighted by Gasteiger charge is 2.58. The minimum Gasteiger partial charge on any atom is -0.393 e. The number of aliphatic hydroxyl groups excluding tert-OH is 2. The van der Waals surface area contributed by atoms with E-state index in [0.29, 0.717) is 29.7 Å². The number of rotatable bonds is 2. The molecule has 1 unspecified atom stereocenters. The Balaban J connectivity index is 1.42. The molecule has 168 valence electrons. The fourth-order valence-electron chi connectivity index (χ4n) is 8.42. The number of fused-ring (bicyclic) bond motifs is 5. The predicted octanol–water partition coefficient (Wildman–Crippen LogP) is 4.84. The second-order valence-corrected chi connectivity index (χ2v) is 12.1. The quantitative estimate of drug-likeness (QED) is 0.568. The monoisotopic (exact) mass is 413 g/mol. The largest absolute Gasteiger partial charge is 0.393 e. The van der Waals surface area contributed by atoms with E-state index in [1.807, 2.05) is 0 Å². The van der Waals surface area contributed by atoms with E-state index >= 15 is 0 Å². The SMILES string of the molecule is C[C@H]1CCC([C@@H](C)[C@@]2(C)C3=CC[C@H]4[C@@H](CC=C5C[C@@H](O)CC[C@@]54C)[C@@H]3C[C@@H]2O)NC1. The fraction of sp³-hybridized carbons (Fsp3) is 0.852. The Morgan fingerprint density at radius 2 is 1.90 bits per heavy atom. The summed E-state index contributed by atoms with van der Waals surface area (Å²) in [5.74, 6) is 3.11. The standard InChI is InChI=1S/C27H43NO2/c1-16-5-10-24(28-15-16)17(2)27(4)23-9-8-22-20(21(23)14-25(27)30)7-6-18-13-19(29)11-12-26(18,22)3/h6,9,16-17,19-22,24-25,28-30H,5,7-8,10-15H2,1-4H3/t16-,17+,19-,20-,21-,22-,24?,25-,26-,27-/m0/s1. The zero-order valence-electron chi connectivity index (χ0n) is 19.5. The molecule has 0 radical (unpaired) electrons. The number of piperidine rings is 1. The van der Waals surface area contributed by atoms with Gasteiger partial charge in [-0.25, -0.2) is 0 Å². The fourth-order valence-corrected chi connectivity index (χ4v) is 8.42. The second-order valence-electron chi connectivity index (χ2n) is 12.1. The van der Waals surface area contributed by atoms with Gasteiger partial charge in [-0.2, -0.15) is 0 Å². The van der Waals surface area contributed by atoms with Gasteiger partial charge < -0.3 is 15.5 Å². The molecule has 5 rings (SSSR count). The van der Waals surface area contributed by atoms with Gasteiger partial charge in [0.1, 0.15) is 0 Å². The van der Waals surface area contributed by atoms with Crippen LogP contribution in [0.3, 0.4) is 0 Å². The third kappa shape index (κ3) is 3.02. The van der Waals surface area contributed by atoms with Crippen molar-refractivity contribution in [3.8, 4) is 0 Å². The molecule has 3 nitrogen and oxygen atoms in total. The molecular weight excluding hydrogens is 370 g/mol. The van der Waals surface area contributed by atoms with Crippen molar-refractivity contribution in [3.63, 3.8) is 0 Å². The summed E-state index contributed by atoms with van der Waals surface area (Å²) in [5, 5.41) is 25.5. The zero-order valence-corrected chi connectivity index (χ0v) is 19.5. The molecule has 30 heavy (non-hydrogen) atoms. The van der Waals surface area contributed by atoms with Crippen LogP contribution < -0.4 is 5.32 Å². The summed E-state index contributed by atoms with van der Waals surface area (Å²) in [7, 11) is 0. The average molecular weight is 414 g/mol. The normalized spacial score (nSPS) is 51.9. The maximum atomic E-state index is 11.4. The number of aliphatic hydroxyl groups is 2. The van der Waals surface area contributed by atoms with Crippen molar-refractivity contribution >= 4 is 0 Å². The molecular formula is C27H43NO2. The molecule has 0 spiro atoms. The third-order valence-corrected chi connectivity index (χ3v) is 10.7. The highest BCUT2D eigenvalue weighted by atomic mass is 16.3. The molecule has 1 heterocycles. The van der Waals surface area contributed by atoms with Gasteiger partial charge in [0.05, 0.1) is 12.2 Å². The second kappa shape index (κ2) is 7.46. The van der Waals surface area contributed by atoms with Gasteiger partial charge in [-0.05, 0) is 92.9 Å². The smallest absolute Gasteiger partial charge is 0.0639 e. The van der Waals surface area contributed by atoms with Gasteiger partial charge in [0.25, 0.3) is 0 Å². The highest BCUT2D eigenvalue weighted by Crippen LogP contribution is 2.64. The zero-order chi connectivity index (χ0) is 21.3. The van der Waals surface area contributed by atoms with Crippen LogP contribution in [0.25, 0.3) is 0 Å². The number of nitrogens with one attached hydrogen (secondary N) is 1. The van der Waals surface area contributed by atoms with Crippen molar-refractivity contribution < 1.29 is 10.2 Å². The molecule has 0 aromatic carbocycles. The van der Waals surface area contributed by atoms with E-state index in [2.05, 4.69) is 45.2 Å². The molecule has 0 bridgehead atoms. The predicted molar refractivity (Wildman–Crippen MR) is 122 cm³/mol. The van der Waals surface area contributed by atoms with Crippen LogP contribution in [0.4, 0.5) is 0 Å². The molecule has 3 heteroatoms. The van der Waals surface area contributed by atoms with Crippen molar-refractivity contribution in [2.45, 2.75) is 97.3 Å². The lowest BCUT2D eigenvalue weighted by Crippen LogP contribution is -2.50. The van der Waals surface area contributed by atoms with Crippen molar-refractivity contribution in [3.05, 3.63) is 23.3 Å². The molecule has 3 N–H and O–H groups in total. The van der Waals surface area contributed by atoms with Crippen LogP contribution in [0.2, 0.25) is 0 Å². The molecule has 2 saturated carbocycles. The van der Waals surface area contributed by atoms with Crippen LogP contribution in [0, 0.1) is 40.4 Å². The van der Waals surface area contributed by atoms with Gasteiger partial charge >= 0.3 is 0 Å². The molecule has 1 saturated heterocycles. The lowest BCUT2D eigenvalue weighted by atomic mass is 9.51. The third-order valence-electron chi connectivity index (χ3n) is 10.7. The average Bonchev–Trinajstić information content (AvgIpc) is 3.00. The topological polar surface area (TPSA) is 52.5 Å². The Kier molecular flexibility index (Phi) is 5.27. The first-order valence-corrected chi connectivity index (χ1v) is 12.7. The molecule has 5 aliphatic rings. The van der Waals surface area contributed by atoms with Gasteiger partial charge in [0, 0.05) is 11.5 Å². The van der Waals surface area contributed by atoms with E-state index in [-0.39, 0.29) is 23.0 Å². The Hall–Kier alpha value is -0.640. The summed E-state index contributed by atoms with van der Waals surface area (Å²) < 4.78 is 0. The van der Waals surface area contributed by atoms with E-state index in [1.165, 1.54) is 18.4 Å². The Morgan fingerprint density at radius 1 is 1.10 bits per heavy atom. The molecule has 0 aromatic heterocycles. The Labute approximate surface area is 183 Å². The number of hydrogen-bond donors (Lipinski definition) is 3. The van der Waals surface area contributed by atoms with Gasteiger partial charge in [0.2, 0.25) is 0 Å². The van der Waals surface area contributed by atoms with Crippen LogP contribution in [0.5, 0.6) is 0 Å². The van der Waals surface area contributed by atoms with Crippen LogP contribution >= 0.6 is 0 Å². The van der Waals surface area contributed by atoms with Crippen LogP contribution in [-0.4, -0.2) is 35.0 Å². The van der Waals surface area contributed by atoms with Gasteiger partial charge in [-0.3, -0.25) is 0 Å². The molecule has 0 aromatic rings. The van der Waals surface area contributed by atoms with Crippen molar-refractivity contribution in [2.75, 3.05) is 6.54 Å². The van der Waals surface area contributed by atoms with Crippen molar-refractivity contribution in [2.24, 2.45) is 40.4 Å². The van der Waals surface area contributed by atoms with E-state index < -0.39 is 0 Å².